The third-order valence-corrected chi connectivity index (χ3v) is 4.32. The number of nitrogens with one attached hydrogen (secondary N) is 1. The van der Waals surface area contributed by atoms with Gasteiger partial charge in [0.1, 0.15) is 0 Å². The molecule has 2 aliphatic rings. The first-order chi connectivity index (χ1) is 8.31. The lowest BCUT2D eigenvalue weighted by Gasteiger charge is -2.31. The number of likely N-dealkylation sites (tertiary alicyclic amines) is 1. The summed E-state index contributed by atoms with van der Waals surface area (Å²) in [4.78, 5) is 2.69. The zero-order valence-electron chi connectivity index (χ0n) is 11.5. The predicted molar refractivity (Wildman–Crippen MR) is 71.3 cm³/mol. The van der Waals surface area contributed by atoms with Gasteiger partial charge in [-0.25, -0.2) is 0 Å². The Kier molecular flexibility index (Phi) is 5.26. The van der Waals surface area contributed by atoms with Crippen LogP contribution in [0.5, 0.6) is 0 Å². The molecule has 3 heteroatoms. The van der Waals surface area contributed by atoms with Gasteiger partial charge in [0.05, 0.1) is 13.2 Å². The topological polar surface area (TPSA) is 24.5 Å². The van der Waals surface area contributed by atoms with Crippen molar-refractivity contribution in [1.29, 1.82) is 0 Å². The number of hydrogen-bond donors (Lipinski definition) is 1. The smallest absolute Gasteiger partial charge is 0.0623 e. The summed E-state index contributed by atoms with van der Waals surface area (Å²) in [7, 11) is 0. The van der Waals surface area contributed by atoms with Gasteiger partial charge in [0.15, 0.2) is 0 Å². The minimum atomic E-state index is 0.579. The Morgan fingerprint density at radius 3 is 2.94 bits per heavy atom. The molecule has 100 valence electrons. The lowest BCUT2D eigenvalue weighted by Crippen LogP contribution is -2.44. The van der Waals surface area contributed by atoms with Crippen LogP contribution < -0.4 is 5.32 Å². The fraction of sp³-hybridized carbons (Fsp3) is 1.00. The highest BCUT2D eigenvalue weighted by Gasteiger charge is 2.30. The minimum Gasteiger partial charge on any atom is -0.379 e. The monoisotopic (exact) mass is 240 g/mol. The molecule has 2 saturated heterocycles. The number of hydrogen-bond acceptors (Lipinski definition) is 3. The molecule has 0 bridgehead atoms. The van der Waals surface area contributed by atoms with Crippen molar-refractivity contribution in [3.8, 4) is 0 Å². The Morgan fingerprint density at radius 2 is 2.12 bits per heavy atom. The van der Waals surface area contributed by atoms with Crippen molar-refractivity contribution < 1.29 is 4.74 Å². The zero-order valence-corrected chi connectivity index (χ0v) is 11.5. The maximum absolute atomic E-state index is 5.64. The van der Waals surface area contributed by atoms with Gasteiger partial charge in [0.25, 0.3) is 0 Å². The highest BCUT2D eigenvalue weighted by molar-refractivity contribution is 4.85. The molecule has 3 atom stereocenters. The van der Waals surface area contributed by atoms with Crippen LogP contribution in [0.15, 0.2) is 0 Å². The van der Waals surface area contributed by atoms with Crippen LogP contribution in [-0.4, -0.2) is 49.8 Å². The van der Waals surface area contributed by atoms with Crippen molar-refractivity contribution in [3.05, 3.63) is 0 Å². The molecule has 0 aromatic rings. The van der Waals surface area contributed by atoms with Gasteiger partial charge in [0, 0.05) is 24.5 Å². The van der Waals surface area contributed by atoms with E-state index in [9.17, 15) is 0 Å². The maximum atomic E-state index is 5.64. The Balaban J connectivity index is 1.85. The molecule has 0 spiro atoms. The van der Waals surface area contributed by atoms with E-state index in [0.29, 0.717) is 12.0 Å². The molecule has 0 amide bonds. The molecular weight excluding hydrogens is 212 g/mol. The number of nitrogens with zero attached hydrogens (tertiary/aromatic N) is 1. The van der Waals surface area contributed by atoms with Crippen molar-refractivity contribution >= 4 is 0 Å². The molecule has 0 aromatic carbocycles. The summed E-state index contributed by atoms with van der Waals surface area (Å²) in [6.45, 7) is 9.99. The van der Waals surface area contributed by atoms with Crippen molar-refractivity contribution in [2.24, 2.45) is 5.92 Å². The number of rotatable bonds is 4. The van der Waals surface area contributed by atoms with Crippen molar-refractivity contribution in [2.45, 2.75) is 51.6 Å². The number of likely N-dealkylation sites (N-methyl/N-ethyl adjacent to an activating group) is 1. The van der Waals surface area contributed by atoms with Gasteiger partial charge in [-0.1, -0.05) is 19.8 Å². The van der Waals surface area contributed by atoms with Crippen LogP contribution in [0.25, 0.3) is 0 Å². The van der Waals surface area contributed by atoms with E-state index in [1.54, 1.807) is 0 Å². The zero-order chi connectivity index (χ0) is 12.1. The second kappa shape index (κ2) is 6.72. The molecule has 2 heterocycles. The van der Waals surface area contributed by atoms with Crippen molar-refractivity contribution in [1.82, 2.24) is 10.2 Å². The summed E-state index contributed by atoms with van der Waals surface area (Å²) in [6.07, 6.45) is 5.58. The van der Waals surface area contributed by atoms with Crippen LogP contribution in [0.2, 0.25) is 0 Å². The van der Waals surface area contributed by atoms with Gasteiger partial charge in [0.2, 0.25) is 0 Å². The standard InChI is InChI=1S/C14H28N2O/c1-3-15-14-11-17-10-13(14)9-16-8-6-4-5-7-12(16)2/h12-15H,3-11H2,1-2H3. The third-order valence-electron chi connectivity index (χ3n) is 4.32. The Bertz CT molecular complexity index is 222. The van der Waals surface area contributed by atoms with E-state index in [1.807, 2.05) is 0 Å². The van der Waals surface area contributed by atoms with E-state index >= 15 is 0 Å². The normalized spacial score (nSPS) is 36.0. The first-order valence-electron chi connectivity index (χ1n) is 7.36. The summed E-state index contributed by atoms with van der Waals surface area (Å²) < 4.78 is 5.64. The van der Waals surface area contributed by atoms with Crippen LogP contribution in [0.1, 0.15) is 39.5 Å². The average molecular weight is 240 g/mol. The van der Waals surface area contributed by atoms with Crippen molar-refractivity contribution in [3.63, 3.8) is 0 Å². The fourth-order valence-corrected chi connectivity index (χ4v) is 3.17. The molecule has 2 aliphatic heterocycles. The molecule has 3 nitrogen and oxygen atoms in total. The highest BCUT2D eigenvalue weighted by Crippen LogP contribution is 2.21. The molecule has 0 aliphatic carbocycles. The third kappa shape index (κ3) is 3.67. The van der Waals surface area contributed by atoms with Crippen molar-refractivity contribution in [2.75, 3.05) is 32.8 Å². The minimum absolute atomic E-state index is 0.579. The number of ether oxygens (including phenoxy) is 1. The van der Waals surface area contributed by atoms with Gasteiger partial charge in [-0.3, -0.25) is 0 Å². The Morgan fingerprint density at radius 1 is 1.24 bits per heavy atom. The van der Waals surface area contributed by atoms with Crippen LogP contribution in [0.4, 0.5) is 0 Å². The molecule has 3 unspecified atom stereocenters. The van der Waals surface area contributed by atoms with Crippen LogP contribution in [0, 0.1) is 5.92 Å². The summed E-state index contributed by atoms with van der Waals surface area (Å²) in [6, 6.07) is 1.34. The van der Waals surface area contributed by atoms with Gasteiger partial charge in [-0.05, 0) is 32.9 Å². The average Bonchev–Trinajstić information content (AvgIpc) is 2.64. The lowest BCUT2D eigenvalue weighted by molar-refractivity contribution is 0.149. The SMILES string of the molecule is CCNC1COCC1CN1CCCCCC1C. The molecular formula is C14H28N2O. The summed E-state index contributed by atoms with van der Waals surface area (Å²) in [5.74, 6) is 0.690. The molecule has 2 rings (SSSR count). The summed E-state index contributed by atoms with van der Waals surface area (Å²) >= 11 is 0. The molecule has 17 heavy (non-hydrogen) atoms. The molecule has 1 N–H and O–H groups in total. The molecule has 0 aromatic heterocycles. The lowest BCUT2D eigenvalue weighted by atomic mass is 10.0. The van der Waals surface area contributed by atoms with E-state index in [-0.39, 0.29) is 0 Å². The largest absolute Gasteiger partial charge is 0.379 e. The first-order valence-corrected chi connectivity index (χ1v) is 7.36. The Labute approximate surface area is 106 Å². The first kappa shape index (κ1) is 13.3. The Hall–Kier alpha value is -0.120. The van der Waals surface area contributed by atoms with E-state index in [2.05, 4.69) is 24.1 Å². The van der Waals surface area contributed by atoms with Gasteiger partial charge < -0.3 is 15.0 Å². The van der Waals surface area contributed by atoms with Gasteiger partial charge in [-0.2, -0.15) is 0 Å². The maximum Gasteiger partial charge on any atom is 0.0623 e. The highest BCUT2D eigenvalue weighted by atomic mass is 16.5. The van der Waals surface area contributed by atoms with E-state index < -0.39 is 0 Å². The second-order valence-electron chi connectivity index (χ2n) is 5.66. The van der Waals surface area contributed by atoms with Crippen LogP contribution >= 0.6 is 0 Å². The predicted octanol–water partition coefficient (Wildman–Crippen LogP) is 1.88. The van der Waals surface area contributed by atoms with Gasteiger partial charge in [-0.15, -0.1) is 0 Å². The van der Waals surface area contributed by atoms with E-state index in [4.69, 9.17) is 4.74 Å². The van der Waals surface area contributed by atoms with Crippen LogP contribution in [-0.2, 0) is 4.74 Å². The second-order valence-corrected chi connectivity index (χ2v) is 5.66. The quantitative estimate of drug-likeness (QED) is 0.812. The summed E-state index contributed by atoms with van der Waals surface area (Å²) in [5, 5.41) is 3.56. The van der Waals surface area contributed by atoms with E-state index in [0.717, 1.165) is 25.8 Å². The van der Waals surface area contributed by atoms with Crippen LogP contribution in [0.3, 0.4) is 0 Å². The van der Waals surface area contributed by atoms with E-state index in [1.165, 1.54) is 38.8 Å². The molecule has 0 radical (unpaired) electrons. The molecule has 0 saturated carbocycles. The van der Waals surface area contributed by atoms with Gasteiger partial charge >= 0.3 is 0 Å². The molecule has 2 fully saturated rings. The summed E-state index contributed by atoms with van der Waals surface area (Å²) in [5.41, 5.74) is 0. The fourth-order valence-electron chi connectivity index (χ4n) is 3.17.